The summed E-state index contributed by atoms with van der Waals surface area (Å²) in [5, 5.41) is 0. The Morgan fingerprint density at radius 3 is 2.24 bits per heavy atom. The second-order valence-corrected chi connectivity index (χ2v) is 9.34. The van der Waals surface area contributed by atoms with Crippen LogP contribution in [-0.4, -0.2) is 62.8 Å². The number of benzene rings is 2. The fourth-order valence-corrected chi connectivity index (χ4v) is 4.68. The highest BCUT2D eigenvalue weighted by molar-refractivity contribution is 7.89. The van der Waals surface area contributed by atoms with Gasteiger partial charge in [-0.3, -0.25) is 4.79 Å². The number of amides is 1. The minimum absolute atomic E-state index is 0.0160. The quantitative estimate of drug-likeness (QED) is 0.748. The Labute approximate surface area is 171 Å². The third kappa shape index (κ3) is 4.59. The van der Waals surface area contributed by atoms with E-state index in [4.69, 9.17) is 0 Å². The van der Waals surface area contributed by atoms with Gasteiger partial charge in [-0.15, -0.1) is 0 Å². The second kappa shape index (κ2) is 8.51. The van der Waals surface area contributed by atoms with Gasteiger partial charge in [0, 0.05) is 50.5 Å². The smallest absolute Gasteiger partial charge is 0.253 e. The maximum absolute atomic E-state index is 13.1. The molecule has 0 unspecified atom stereocenters. The van der Waals surface area contributed by atoms with Gasteiger partial charge in [0.15, 0.2) is 0 Å². The number of anilines is 1. The number of nitrogens with zero attached hydrogens (tertiary/aromatic N) is 3. The molecule has 29 heavy (non-hydrogen) atoms. The number of piperazine rings is 1. The van der Waals surface area contributed by atoms with E-state index in [0.717, 1.165) is 5.69 Å². The van der Waals surface area contributed by atoms with Gasteiger partial charge < -0.3 is 9.80 Å². The van der Waals surface area contributed by atoms with Gasteiger partial charge in [0.1, 0.15) is 5.82 Å². The van der Waals surface area contributed by atoms with Gasteiger partial charge in [-0.05, 0) is 56.3 Å². The Hall–Kier alpha value is -2.45. The fourth-order valence-electron chi connectivity index (χ4n) is 3.22. The van der Waals surface area contributed by atoms with Gasteiger partial charge in [0.2, 0.25) is 10.0 Å². The summed E-state index contributed by atoms with van der Waals surface area (Å²) in [5.41, 5.74) is 1.22. The van der Waals surface area contributed by atoms with Crippen molar-refractivity contribution in [2.45, 2.75) is 24.8 Å². The molecule has 2 aromatic rings. The van der Waals surface area contributed by atoms with Crippen molar-refractivity contribution < 1.29 is 17.6 Å². The predicted molar refractivity (Wildman–Crippen MR) is 111 cm³/mol. The lowest BCUT2D eigenvalue weighted by Crippen LogP contribution is -2.48. The topological polar surface area (TPSA) is 60.9 Å². The molecular formula is C21H26FN3O3S. The van der Waals surface area contributed by atoms with Gasteiger partial charge in [0.25, 0.3) is 5.91 Å². The minimum atomic E-state index is -3.70. The van der Waals surface area contributed by atoms with Crippen molar-refractivity contribution in [3.8, 4) is 0 Å². The van der Waals surface area contributed by atoms with E-state index in [1.165, 1.54) is 28.6 Å². The normalized spacial score (nSPS) is 15.6. The van der Waals surface area contributed by atoms with Crippen LogP contribution in [0.25, 0.3) is 0 Å². The molecular weight excluding hydrogens is 393 g/mol. The molecule has 0 atom stereocenters. The molecule has 1 fully saturated rings. The molecule has 0 aromatic heterocycles. The SMILES string of the molecule is CC(C)N(C)C(=O)c1cccc(S(=O)(=O)N2CCN(c3ccc(F)cc3)CC2)c1. The van der Waals surface area contributed by atoms with Gasteiger partial charge in [-0.25, -0.2) is 12.8 Å². The highest BCUT2D eigenvalue weighted by atomic mass is 32.2. The first-order chi connectivity index (χ1) is 13.7. The number of rotatable bonds is 5. The first-order valence-corrected chi connectivity index (χ1v) is 11.0. The molecule has 1 saturated heterocycles. The number of halogens is 1. The Kier molecular flexibility index (Phi) is 6.24. The van der Waals surface area contributed by atoms with Crippen LogP contribution in [0.1, 0.15) is 24.2 Å². The number of sulfonamides is 1. The van der Waals surface area contributed by atoms with Crippen molar-refractivity contribution in [3.63, 3.8) is 0 Å². The summed E-state index contributed by atoms with van der Waals surface area (Å²) in [6.45, 7) is 5.48. The highest BCUT2D eigenvalue weighted by Crippen LogP contribution is 2.22. The summed E-state index contributed by atoms with van der Waals surface area (Å²) in [6, 6.07) is 12.4. The summed E-state index contributed by atoms with van der Waals surface area (Å²) in [5.74, 6) is -0.509. The molecule has 0 radical (unpaired) electrons. The summed E-state index contributed by atoms with van der Waals surface area (Å²) < 4.78 is 40.7. The molecule has 0 N–H and O–H groups in total. The molecule has 0 bridgehead atoms. The molecule has 0 saturated carbocycles. The summed E-state index contributed by atoms with van der Waals surface area (Å²) >= 11 is 0. The molecule has 0 spiro atoms. The van der Waals surface area contributed by atoms with Crippen LogP contribution in [0.5, 0.6) is 0 Å². The highest BCUT2D eigenvalue weighted by Gasteiger charge is 2.29. The summed E-state index contributed by atoms with van der Waals surface area (Å²) in [6.07, 6.45) is 0. The van der Waals surface area contributed by atoms with Crippen LogP contribution in [0.2, 0.25) is 0 Å². The van der Waals surface area contributed by atoms with Crippen LogP contribution in [0.4, 0.5) is 10.1 Å². The van der Waals surface area contributed by atoms with Crippen molar-refractivity contribution in [3.05, 3.63) is 59.9 Å². The summed E-state index contributed by atoms with van der Waals surface area (Å²) in [4.78, 5) is 16.3. The van der Waals surface area contributed by atoms with Crippen LogP contribution in [0, 0.1) is 5.82 Å². The molecule has 1 amide bonds. The number of carbonyl (C=O) groups is 1. The molecule has 2 aromatic carbocycles. The van der Waals surface area contributed by atoms with Gasteiger partial charge in [-0.2, -0.15) is 4.31 Å². The first-order valence-electron chi connectivity index (χ1n) is 9.58. The lowest BCUT2D eigenvalue weighted by atomic mass is 10.2. The van der Waals surface area contributed by atoms with Crippen LogP contribution in [-0.2, 0) is 10.0 Å². The molecule has 0 aliphatic carbocycles. The van der Waals surface area contributed by atoms with E-state index < -0.39 is 10.0 Å². The van der Waals surface area contributed by atoms with Crippen LogP contribution < -0.4 is 4.90 Å². The molecule has 8 heteroatoms. The van der Waals surface area contributed by atoms with Gasteiger partial charge >= 0.3 is 0 Å². The van der Waals surface area contributed by atoms with Crippen LogP contribution >= 0.6 is 0 Å². The van der Waals surface area contributed by atoms with E-state index in [1.807, 2.05) is 18.7 Å². The van der Waals surface area contributed by atoms with Crippen molar-refractivity contribution >= 4 is 21.6 Å². The fraction of sp³-hybridized carbons (Fsp3) is 0.381. The van der Waals surface area contributed by atoms with E-state index in [0.29, 0.717) is 31.7 Å². The predicted octanol–water partition coefficient (Wildman–Crippen LogP) is 2.82. The van der Waals surface area contributed by atoms with Gasteiger partial charge in [0.05, 0.1) is 4.90 Å². The molecule has 6 nitrogen and oxygen atoms in total. The standard InChI is InChI=1S/C21H26FN3O3S/c1-16(2)23(3)21(26)17-5-4-6-20(15-17)29(27,28)25-13-11-24(12-14-25)19-9-7-18(22)8-10-19/h4-10,15-16H,11-14H2,1-3H3. The number of hydrogen-bond acceptors (Lipinski definition) is 4. The zero-order valence-electron chi connectivity index (χ0n) is 16.9. The zero-order valence-corrected chi connectivity index (χ0v) is 17.7. The third-order valence-electron chi connectivity index (χ3n) is 5.24. The maximum Gasteiger partial charge on any atom is 0.253 e. The number of hydrogen-bond donors (Lipinski definition) is 0. The zero-order chi connectivity index (χ0) is 21.2. The lowest BCUT2D eigenvalue weighted by Gasteiger charge is -2.35. The molecule has 156 valence electrons. The number of carbonyl (C=O) groups excluding carboxylic acids is 1. The average molecular weight is 420 g/mol. The minimum Gasteiger partial charge on any atom is -0.369 e. The van der Waals surface area contributed by atoms with Crippen molar-refractivity contribution in [1.82, 2.24) is 9.21 Å². The molecule has 1 aliphatic heterocycles. The van der Waals surface area contributed by atoms with E-state index in [1.54, 1.807) is 36.2 Å². The monoisotopic (exact) mass is 419 g/mol. The maximum atomic E-state index is 13.1. The molecule has 1 heterocycles. The van der Waals surface area contributed by atoms with E-state index in [2.05, 4.69) is 0 Å². The van der Waals surface area contributed by atoms with Crippen molar-refractivity contribution in [2.75, 3.05) is 38.1 Å². The van der Waals surface area contributed by atoms with Crippen molar-refractivity contribution in [2.24, 2.45) is 0 Å². The molecule has 1 aliphatic rings. The van der Waals surface area contributed by atoms with Gasteiger partial charge in [-0.1, -0.05) is 6.07 Å². The second-order valence-electron chi connectivity index (χ2n) is 7.41. The van der Waals surface area contributed by atoms with Crippen LogP contribution in [0.3, 0.4) is 0 Å². The van der Waals surface area contributed by atoms with E-state index in [-0.39, 0.29) is 22.7 Å². The van der Waals surface area contributed by atoms with E-state index >= 15 is 0 Å². The Morgan fingerprint density at radius 1 is 1.03 bits per heavy atom. The van der Waals surface area contributed by atoms with E-state index in [9.17, 15) is 17.6 Å². The molecule has 3 rings (SSSR count). The third-order valence-corrected chi connectivity index (χ3v) is 7.14. The Bertz CT molecular complexity index is 969. The van der Waals surface area contributed by atoms with Crippen LogP contribution in [0.15, 0.2) is 53.4 Å². The van der Waals surface area contributed by atoms with Crippen molar-refractivity contribution in [1.29, 1.82) is 0 Å². The lowest BCUT2D eigenvalue weighted by molar-refractivity contribution is 0.0754. The summed E-state index contributed by atoms with van der Waals surface area (Å²) in [7, 11) is -2.00. The Balaban J connectivity index is 1.74. The Morgan fingerprint density at radius 2 is 1.66 bits per heavy atom. The average Bonchev–Trinajstić information content (AvgIpc) is 2.73. The first kappa shape index (κ1) is 21.3. The largest absolute Gasteiger partial charge is 0.369 e.